The van der Waals surface area contributed by atoms with Gasteiger partial charge in [-0.25, -0.2) is 0 Å². The third-order valence-electron chi connectivity index (χ3n) is 5.32. The van der Waals surface area contributed by atoms with Crippen molar-refractivity contribution in [2.75, 3.05) is 25.1 Å². The molecule has 43 heavy (non-hydrogen) atoms. The molecule has 238 valence electrons. The first kappa shape index (κ1) is 38.7. The van der Waals surface area contributed by atoms with E-state index in [0.29, 0.717) is 16.3 Å². The lowest BCUT2D eigenvalue weighted by molar-refractivity contribution is -0.155. The Morgan fingerprint density at radius 1 is 0.698 bits per heavy atom. The molecule has 0 saturated heterocycles. The van der Waals surface area contributed by atoms with Crippen LogP contribution in [0.15, 0.2) is 0 Å². The van der Waals surface area contributed by atoms with Crippen LogP contribution in [0, 0.1) is 16.6 Å². The molecule has 0 bridgehead atoms. The molecule has 1 aromatic rings. The molecular weight excluding hydrogens is 913 g/mol. The summed E-state index contributed by atoms with van der Waals surface area (Å²) in [5.41, 5.74) is 0.717. The normalized spacial score (nSPS) is 12.6. The summed E-state index contributed by atoms with van der Waals surface area (Å²) in [6, 6.07) is 0. The zero-order valence-electron chi connectivity index (χ0n) is 24.1. The lowest BCUT2D eigenvalue weighted by Gasteiger charge is -2.25. The molecule has 0 fully saturated rings. The van der Waals surface area contributed by atoms with E-state index in [2.05, 4.69) is 10.6 Å². The van der Waals surface area contributed by atoms with E-state index in [1.54, 1.807) is 0 Å². The predicted molar refractivity (Wildman–Crippen MR) is 175 cm³/mol. The summed E-state index contributed by atoms with van der Waals surface area (Å²) in [4.78, 5) is 84.3. The number of halogens is 3. The highest BCUT2D eigenvalue weighted by Gasteiger charge is 2.32. The SMILES string of the molecule is CC(=O)OCc1c(I)c(NC(=O)C(COC(C)=O)C(C)OC(C)=O)c(I)c(C(=O)NCC(COC(C)=O)OC(C)=O)c1I. The van der Waals surface area contributed by atoms with Crippen LogP contribution >= 0.6 is 67.8 Å². The highest BCUT2D eigenvalue weighted by atomic mass is 127. The number of hydrogen-bond acceptors (Lipinski definition) is 12. The van der Waals surface area contributed by atoms with Gasteiger partial charge in [-0.15, -0.1) is 0 Å². The molecule has 0 spiro atoms. The van der Waals surface area contributed by atoms with Crippen LogP contribution in [0.5, 0.6) is 0 Å². The van der Waals surface area contributed by atoms with Crippen molar-refractivity contribution >= 4 is 115 Å². The Balaban J connectivity index is 3.55. The van der Waals surface area contributed by atoms with Gasteiger partial charge in [-0.3, -0.25) is 33.6 Å². The second-order valence-electron chi connectivity index (χ2n) is 8.91. The highest BCUT2D eigenvalue weighted by Crippen LogP contribution is 2.36. The highest BCUT2D eigenvalue weighted by molar-refractivity contribution is 14.1. The van der Waals surface area contributed by atoms with E-state index in [9.17, 15) is 33.6 Å². The van der Waals surface area contributed by atoms with E-state index in [-0.39, 0.29) is 37.6 Å². The summed E-state index contributed by atoms with van der Waals surface area (Å²) in [5, 5.41) is 5.39. The molecule has 17 heteroatoms. The second kappa shape index (κ2) is 18.5. The van der Waals surface area contributed by atoms with Crippen molar-refractivity contribution in [1.82, 2.24) is 5.32 Å². The van der Waals surface area contributed by atoms with Gasteiger partial charge in [0.25, 0.3) is 5.91 Å². The van der Waals surface area contributed by atoms with Crippen LogP contribution in [-0.4, -0.2) is 73.6 Å². The van der Waals surface area contributed by atoms with Gasteiger partial charge in [0.15, 0.2) is 6.10 Å². The van der Waals surface area contributed by atoms with E-state index in [4.69, 9.17) is 23.7 Å². The summed E-state index contributed by atoms with van der Waals surface area (Å²) >= 11 is 5.74. The quantitative estimate of drug-likeness (QED) is 0.158. The van der Waals surface area contributed by atoms with Gasteiger partial charge in [0, 0.05) is 47.3 Å². The first-order valence-electron chi connectivity index (χ1n) is 12.5. The first-order valence-corrected chi connectivity index (χ1v) is 15.7. The van der Waals surface area contributed by atoms with Crippen LogP contribution in [0.25, 0.3) is 0 Å². The maximum Gasteiger partial charge on any atom is 0.303 e. The lowest BCUT2D eigenvalue weighted by atomic mass is 10.0. The van der Waals surface area contributed by atoms with Crippen LogP contribution in [0.2, 0.25) is 0 Å². The molecule has 0 heterocycles. The summed E-state index contributed by atoms with van der Waals surface area (Å²) in [7, 11) is 0. The fourth-order valence-corrected chi connectivity index (χ4v) is 7.63. The third kappa shape index (κ3) is 13.1. The van der Waals surface area contributed by atoms with Crippen molar-refractivity contribution in [3.8, 4) is 0 Å². The van der Waals surface area contributed by atoms with Crippen LogP contribution in [0.4, 0.5) is 5.69 Å². The lowest BCUT2D eigenvalue weighted by Crippen LogP contribution is -2.39. The molecule has 0 saturated carbocycles. The van der Waals surface area contributed by atoms with Crippen LogP contribution in [0.3, 0.4) is 0 Å². The van der Waals surface area contributed by atoms with Gasteiger partial charge in [0.1, 0.15) is 31.8 Å². The van der Waals surface area contributed by atoms with Gasteiger partial charge in [0.05, 0.1) is 21.4 Å². The molecule has 2 N–H and O–H groups in total. The van der Waals surface area contributed by atoms with Crippen molar-refractivity contribution in [1.29, 1.82) is 0 Å². The zero-order chi connectivity index (χ0) is 33.0. The van der Waals surface area contributed by atoms with Crippen LogP contribution < -0.4 is 10.6 Å². The first-order chi connectivity index (χ1) is 20.0. The number of carbonyl (C=O) groups excluding carboxylic acids is 7. The number of esters is 5. The van der Waals surface area contributed by atoms with Crippen LogP contribution in [-0.2, 0) is 59.1 Å². The number of carbonyl (C=O) groups is 7. The van der Waals surface area contributed by atoms with Gasteiger partial charge in [-0.2, -0.15) is 0 Å². The summed E-state index contributed by atoms with van der Waals surface area (Å²) in [6.07, 6.45) is -1.95. The number of amides is 2. The van der Waals surface area contributed by atoms with Crippen LogP contribution in [0.1, 0.15) is 57.5 Å². The van der Waals surface area contributed by atoms with E-state index in [1.807, 2.05) is 67.8 Å². The van der Waals surface area contributed by atoms with Gasteiger partial charge >= 0.3 is 29.8 Å². The van der Waals surface area contributed by atoms with Gasteiger partial charge in [0.2, 0.25) is 5.91 Å². The Bertz CT molecular complexity index is 1270. The molecule has 2 amide bonds. The minimum atomic E-state index is -1.11. The number of nitrogens with one attached hydrogen (secondary N) is 2. The van der Waals surface area contributed by atoms with Crippen molar-refractivity contribution in [2.45, 2.75) is 60.4 Å². The number of benzene rings is 1. The summed E-state index contributed by atoms with van der Waals surface area (Å²) in [5.74, 6) is -5.53. The number of rotatable bonds is 14. The minimum absolute atomic E-state index is 0.109. The molecule has 0 aliphatic heterocycles. The number of hydrogen-bond donors (Lipinski definition) is 2. The molecule has 3 atom stereocenters. The standard InChI is InChI=1S/C26H31I3N2O12/c1-11(42-15(5)35)18(9-40-13(3)33)25(37)31-24-22(28)19(10-41-14(4)34)21(27)20(23(24)29)26(38)30-7-17(43-16(6)36)8-39-12(2)32/h11,17-18H,7-10H2,1-6H3,(H,30,38)(H,31,37). The fourth-order valence-electron chi connectivity index (χ4n) is 3.39. The molecule has 0 radical (unpaired) electrons. The maximum atomic E-state index is 13.5. The van der Waals surface area contributed by atoms with Gasteiger partial charge in [-0.05, 0) is 74.7 Å². The van der Waals surface area contributed by atoms with Crippen molar-refractivity contribution in [3.05, 3.63) is 21.8 Å². The zero-order valence-corrected chi connectivity index (χ0v) is 30.6. The monoisotopic (exact) mass is 944 g/mol. The van der Waals surface area contributed by atoms with Crippen molar-refractivity contribution in [3.63, 3.8) is 0 Å². The minimum Gasteiger partial charge on any atom is -0.465 e. The Hall–Kier alpha value is -2.30. The smallest absolute Gasteiger partial charge is 0.303 e. The van der Waals surface area contributed by atoms with E-state index in [1.165, 1.54) is 41.5 Å². The Morgan fingerprint density at radius 3 is 1.74 bits per heavy atom. The largest absolute Gasteiger partial charge is 0.465 e. The summed E-state index contributed by atoms with van der Waals surface area (Å²) < 4.78 is 26.6. The molecule has 0 aromatic heterocycles. The van der Waals surface area contributed by atoms with E-state index >= 15 is 0 Å². The molecule has 0 aliphatic rings. The summed E-state index contributed by atoms with van der Waals surface area (Å²) in [6.45, 7) is 6.26. The van der Waals surface area contributed by atoms with Gasteiger partial charge < -0.3 is 34.3 Å². The molecule has 1 rings (SSSR count). The Kier molecular flexibility index (Phi) is 16.7. The maximum absolute atomic E-state index is 13.5. The average Bonchev–Trinajstić information content (AvgIpc) is 2.87. The Morgan fingerprint density at radius 2 is 1.23 bits per heavy atom. The molecule has 1 aromatic carbocycles. The molecular formula is C26H31I3N2O12. The van der Waals surface area contributed by atoms with Crippen molar-refractivity contribution < 1.29 is 57.2 Å². The Labute approximate surface area is 288 Å². The molecule has 3 unspecified atom stereocenters. The number of anilines is 1. The average molecular weight is 944 g/mol. The number of ether oxygens (including phenoxy) is 5. The van der Waals surface area contributed by atoms with Crippen molar-refractivity contribution in [2.24, 2.45) is 5.92 Å². The van der Waals surface area contributed by atoms with E-state index < -0.39 is 59.8 Å². The topological polar surface area (TPSA) is 190 Å². The third-order valence-corrected chi connectivity index (χ3v) is 8.78. The molecule has 14 nitrogen and oxygen atoms in total. The predicted octanol–water partition coefficient (Wildman–Crippen LogP) is 2.86. The molecule has 0 aliphatic carbocycles. The fraction of sp³-hybridized carbons (Fsp3) is 0.500. The van der Waals surface area contributed by atoms with E-state index in [0.717, 1.165) is 0 Å². The van der Waals surface area contributed by atoms with Gasteiger partial charge in [-0.1, -0.05) is 0 Å². The second-order valence-corrected chi connectivity index (χ2v) is 12.1.